The highest BCUT2D eigenvalue weighted by atomic mass is 32.2. The Hall–Kier alpha value is -1.02. The van der Waals surface area contributed by atoms with E-state index in [-0.39, 0.29) is 16.7 Å². The van der Waals surface area contributed by atoms with Crippen molar-refractivity contribution in [3.8, 4) is 5.88 Å². The Bertz CT molecular complexity index is 521. The minimum absolute atomic E-state index is 0.0121. The minimum Gasteiger partial charge on any atom is -0.471 e. The normalized spacial score (nSPS) is 14.2. The van der Waals surface area contributed by atoms with Gasteiger partial charge in [0.15, 0.2) is 6.61 Å². The van der Waals surface area contributed by atoms with Crippen LogP contribution in [0, 0.1) is 6.92 Å². The van der Waals surface area contributed by atoms with Crippen LogP contribution < -0.4 is 9.46 Å². The van der Waals surface area contributed by atoms with Crippen molar-refractivity contribution in [1.82, 2.24) is 9.71 Å². The second kappa shape index (κ2) is 7.70. The van der Waals surface area contributed by atoms with Crippen LogP contribution in [0.1, 0.15) is 44.9 Å². The summed E-state index contributed by atoms with van der Waals surface area (Å²) in [5.41, 5.74) is 1.37. The number of hydrogen-bond donors (Lipinski definition) is 1. The summed E-state index contributed by atoms with van der Waals surface area (Å²) in [6, 6.07) is 1.73. The number of ether oxygens (including phenoxy) is 1. The van der Waals surface area contributed by atoms with Crippen molar-refractivity contribution < 1.29 is 22.3 Å². The molecule has 1 atom stereocenters. The molecule has 0 aliphatic heterocycles. The first-order valence-electron chi connectivity index (χ1n) is 7.11. The van der Waals surface area contributed by atoms with Crippen LogP contribution in [0.3, 0.4) is 0 Å². The van der Waals surface area contributed by atoms with Gasteiger partial charge in [-0.1, -0.05) is 11.9 Å². The highest BCUT2D eigenvalue weighted by molar-refractivity contribution is 7.98. The zero-order valence-electron chi connectivity index (χ0n) is 13.8. The van der Waals surface area contributed by atoms with E-state index in [9.17, 15) is 17.6 Å². The molecule has 0 bridgehead atoms. The number of pyridine rings is 1. The Morgan fingerprint density at radius 1 is 1.30 bits per heavy atom. The zero-order chi connectivity index (χ0) is 17.8. The Morgan fingerprint density at radius 3 is 2.39 bits per heavy atom. The van der Waals surface area contributed by atoms with Gasteiger partial charge in [-0.05, 0) is 46.2 Å². The highest BCUT2D eigenvalue weighted by Gasteiger charge is 2.42. The van der Waals surface area contributed by atoms with E-state index in [0.29, 0.717) is 5.56 Å². The quantitative estimate of drug-likeness (QED) is 0.565. The fraction of sp³-hybridized carbons (Fsp3) is 0.667. The lowest BCUT2D eigenvalue weighted by molar-refractivity contribution is -0.148. The van der Waals surface area contributed by atoms with Crippen LogP contribution in [0.25, 0.3) is 0 Å². The third-order valence-corrected chi connectivity index (χ3v) is 3.90. The van der Waals surface area contributed by atoms with Gasteiger partial charge in [0.05, 0.1) is 0 Å². The summed E-state index contributed by atoms with van der Waals surface area (Å²) >= 11 is 1.57. The van der Waals surface area contributed by atoms with Crippen LogP contribution in [0.4, 0.5) is 17.6 Å². The van der Waals surface area contributed by atoms with Crippen LogP contribution in [0.15, 0.2) is 12.3 Å². The van der Waals surface area contributed by atoms with Gasteiger partial charge in [0.25, 0.3) is 0 Å². The summed E-state index contributed by atoms with van der Waals surface area (Å²) in [6.45, 7) is 8.39. The molecule has 0 saturated heterocycles. The van der Waals surface area contributed by atoms with Crippen LogP contribution in [-0.4, -0.2) is 28.7 Å². The maximum Gasteiger partial charge on any atom is 0.340 e. The van der Waals surface area contributed by atoms with Gasteiger partial charge in [-0.15, -0.1) is 0 Å². The van der Waals surface area contributed by atoms with Gasteiger partial charge >= 0.3 is 12.3 Å². The lowest BCUT2D eigenvalue weighted by Gasteiger charge is -2.22. The zero-order valence-corrected chi connectivity index (χ0v) is 14.6. The van der Waals surface area contributed by atoms with Crippen LogP contribution >= 0.6 is 11.9 Å². The molecule has 0 amide bonds. The summed E-state index contributed by atoms with van der Waals surface area (Å²) in [5, 5.41) is 0. The average Bonchev–Trinajstić information content (AvgIpc) is 2.42. The topological polar surface area (TPSA) is 34.2 Å². The van der Waals surface area contributed by atoms with E-state index in [1.54, 1.807) is 24.9 Å². The van der Waals surface area contributed by atoms with E-state index in [1.165, 1.54) is 6.20 Å². The van der Waals surface area contributed by atoms with E-state index >= 15 is 0 Å². The lowest BCUT2D eigenvalue weighted by atomic mass is 10.1. The van der Waals surface area contributed by atoms with Crippen molar-refractivity contribution in [2.24, 2.45) is 0 Å². The number of halogens is 4. The van der Waals surface area contributed by atoms with Gasteiger partial charge in [0.1, 0.15) is 0 Å². The maximum absolute atomic E-state index is 12.9. The molecule has 1 aromatic heterocycles. The molecule has 3 nitrogen and oxygen atoms in total. The number of alkyl halides is 4. The third-order valence-electron chi connectivity index (χ3n) is 2.81. The molecule has 0 fully saturated rings. The molecular weight excluding hydrogens is 332 g/mol. The first kappa shape index (κ1) is 20.0. The van der Waals surface area contributed by atoms with Crippen LogP contribution in [0.5, 0.6) is 5.88 Å². The SMILES string of the molecule is Cc1cc(C(C)NSC(C)(C)C)cnc1OCC(F)(F)C(F)F. The molecule has 1 aromatic rings. The van der Waals surface area contributed by atoms with E-state index in [2.05, 4.69) is 30.5 Å². The summed E-state index contributed by atoms with van der Waals surface area (Å²) in [7, 11) is 0. The fourth-order valence-electron chi connectivity index (χ4n) is 1.53. The average molecular weight is 354 g/mol. The Labute approximate surface area is 138 Å². The summed E-state index contributed by atoms with van der Waals surface area (Å²) in [5.74, 6) is -4.25. The monoisotopic (exact) mass is 354 g/mol. The van der Waals surface area contributed by atoms with Crippen molar-refractivity contribution in [1.29, 1.82) is 0 Å². The molecule has 0 spiro atoms. The lowest BCUT2D eigenvalue weighted by Crippen LogP contribution is -2.34. The predicted octanol–water partition coefficient (Wildman–Crippen LogP) is 4.77. The summed E-state index contributed by atoms with van der Waals surface area (Å²) < 4.78 is 58.0. The largest absolute Gasteiger partial charge is 0.471 e. The van der Waals surface area contributed by atoms with E-state index < -0.39 is 19.0 Å². The van der Waals surface area contributed by atoms with E-state index in [1.807, 2.05) is 6.92 Å². The Balaban J connectivity index is 2.71. The molecule has 1 unspecified atom stereocenters. The molecule has 0 radical (unpaired) electrons. The molecule has 1 N–H and O–H groups in total. The van der Waals surface area contributed by atoms with Gasteiger partial charge in [0, 0.05) is 22.5 Å². The third kappa shape index (κ3) is 6.55. The van der Waals surface area contributed by atoms with Crippen molar-refractivity contribution in [2.45, 2.75) is 57.8 Å². The smallest absolute Gasteiger partial charge is 0.340 e. The second-order valence-corrected chi connectivity index (χ2v) is 7.96. The van der Waals surface area contributed by atoms with Gasteiger partial charge in [-0.3, -0.25) is 4.72 Å². The van der Waals surface area contributed by atoms with Crippen molar-refractivity contribution >= 4 is 11.9 Å². The molecule has 0 saturated carbocycles. The standard InChI is InChI=1S/C15H22F4N2OS/c1-9-6-11(10(2)21-23-14(3,4)5)7-20-12(9)22-8-15(18,19)13(16)17/h6-7,10,13,21H,8H2,1-5H3. The van der Waals surface area contributed by atoms with Crippen LogP contribution in [-0.2, 0) is 0 Å². The van der Waals surface area contributed by atoms with Crippen molar-refractivity contribution in [2.75, 3.05) is 6.61 Å². The molecule has 23 heavy (non-hydrogen) atoms. The molecule has 132 valence electrons. The first-order valence-corrected chi connectivity index (χ1v) is 7.93. The van der Waals surface area contributed by atoms with Gasteiger partial charge in [0.2, 0.25) is 5.88 Å². The van der Waals surface area contributed by atoms with Gasteiger partial charge in [-0.2, -0.15) is 8.78 Å². The molecule has 0 aliphatic carbocycles. The molecule has 1 heterocycles. The molecule has 0 aliphatic rings. The van der Waals surface area contributed by atoms with Gasteiger partial charge < -0.3 is 4.74 Å². The molecule has 1 rings (SSSR count). The molecule has 8 heteroatoms. The second-order valence-electron chi connectivity index (χ2n) is 6.30. The van der Waals surface area contributed by atoms with Gasteiger partial charge in [-0.25, -0.2) is 13.8 Å². The van der Waals surface area contributed by atoms with E-state index in [0.717, 1.165) is 5.56 Å². The number of hydrogen-bond acceptors (Lipinski definition) is 4. The number of aromatic nitrogens is 1. The number of rotatable bonds is 7. The van der Waals surface area contributed by atoms with Crippen molar-refractivity contribution in [3.05, 3.63) is 23.4 Å². The summed E-state index contributed by atoms with van der Waals surface area (Å²) in [4.78, 5) is 3.96. The number of nitrogens with one attached hydrogen (secondary N) is 1. The minimum atomic E-state index is -4.19. The highest BCUT2D eigenvalue weighted by Crippen LogP contribution is 2.27. The Morgan fingerprint density at radius 2 is 1.91 bits per heavy atom. The summed E-state index contributed by atoms with van der Waals surface area (Å²) in [6.07, 6.45) is -2.27. The fourth-order valence-corrected chi connectivity index (χ4v) is 2.20. The Kier molecular flexibility index (Phi) is 6.70. The van der Waals surface area contributed by atoms with Crippen molar-refractivity contribution in [3.63, 3.8) is 0 Å². The molecule has 0 aromatic carbocycles. The van der Waals surface area contributed by atoms with E-state index in [4.69, 9.17) is 4.74 Å². The first-order chi connectivity index (χ1) is 10.4. The molecular formula is C15H22F4N2OS. The predicted molar refractivity (Wildman–Crippen MR) is 84.3 cm³/mol. The van der Waals surface area contributed by atoms with Crippen LogP contribution in [0.2, 0.25) is 0 Å². The number of nitrogens with zero attached hydrogens (tertiary/aromatic N) is 1. The number of aryl methyl sites for hydroxylation is 1. The maximum atomic E-state index is 12.9.